The van der Waals surface area contributed by atoms with Gasteiger partial charge in [0.2, 0.25) is 0 Å². The fourth-order valence-corrected chi connectivity index (χ4v) is 3.53. The summed E-state index contributed by atoms with van der Waals surface area (Å²) in [6, 6.07) is 0.275. The van der Waals surface area contributed by atoms with Gasteiger partial charge < -0.3 is 10.1 Å². The number of ether oxygens (including phenoxy) is 1. The third-order valence-electron chi connectivity index (χ3n) is 4.14. The Hall–Kier alpha value is -0.910. The van der Waals surface area contributed by atoms with Gasteiger partial charge in [0, 0.05) is 37.3 Å². The van der Waals surface area contributed by atoms with E-state index in [4.69, 9.17) is 4.74 Å². The molecule has 0 aliphatic rings. The van der Waals surface area contributed by atoms with Crippen LogP contribution in [0.1, 0.15) is 32.4 Å². The second-order valence-electron chi connectivity index (χ2n) is 4.85. The molecule has 2 aromatic heterocycles. The van der Waals surface area contributed by atoms with Crippen LogP contribution in [0, 0.1) is 0 Å². The van der Waals surface area contributed by atoms with Crippen LogP contribution < -0.4 is 5.32 Å². The van der Waals surface area contributed by atoms with Crippen LogP contribution in [-0.2, 0) is 11.2 Å². The lowest BCUT2D eigenvalue weighted by atomic mass is 9.85. The molecule has 0 aromatic carbocycles. The maximum Gasteiger partial charge on any atom is 0.193 e. The van der Waals surface area contributed by atoms with Crippen LogP contribution in [0.2, 0.25) is 0 Å². The second kappa shape index (κ2) is 6.03. The van der Waals surface area contributed by atoms with Crippen molar-refractivity contribution in [1.82, 2.24) is 14.7 Å². The molecule has 1 N–H and O–H groups in total. The van der Waals surface area contributed by atoms with Gasteiger partial charge in [-0.15, -0.1) is 11.3 Å². The lowest BCUT2D eigenvalue weighted by Crippen LogP contribution is -2.51. The Morgan fingerprint density at radius 3 is 2.74 bits per heavy atom. The molecule has 1 unspecified atom stereocenters. The lowest BCUT2D eigenvalue weighted by Gasteiger charge is -2.38. The first-order valence-electron chi connectivity index (χ1n) is 6.82. The van der Waals surface area contributed by atoms with Crippen molar-refractivity contribution < 1.29 is 4.74 Å². The van der Waals surface area contributed by atoms with Crippen molar-refractivity contribution in [2.24, 2.45) is 0 Å². The van der Waals surface area contributed by atoms with Gasteiger partial charge in [0.05, 0.1) is 11.3 Å². The van der Waals surface area contributed by atoms with Gasteiger partial charge in [0.25, 0.3) is 0 Å². The average molecular weight is 281 g/mol. The molecule has 0 saturated heterocycles. The third-order valence-corrected chi connectivity index (χ3v) is 4.91. The molecule has 106 valence electrons. The standard InChI is InChI=1S/C14H23N3OS/c1-5-14(6-2,18-4)12(15-3)9-11-10-17-7-8-19-13(17)16-11/h7-8,10,12,15H,5-6,9H2,1-4H3. The Bertz CT molecular complexity index is 479. The summed E-state index contributed by atoms with van der Waals surface area (Å²) in [5, 5.41) is 5.46. The monoisotopic (exact) mass is 281 g/mol. The Labute approximate surface area is 118 Å². The zero-order chi connectivity index (χ0) is 13.9. The summed E-state index contributed by atoms with van der Waals surface area (Å²) in [4.78, 5) is 5.72. The van der Waals surface area contributed by atoms with E-state index in [9.17, 15) is 0 Å². The highest BCUT2D eigenvalue weighted by atomic mass is 32.1. The number of imidazole rings is 1. The average Bonchev–Trinajstić information content (AvgIpc) is 3.00. The van der Waals surface area contributed by atoms with Crippen LogP contribution in [-0.4, -0.2) is 35.2 Å². The molecular weight excluding hydrogens is 258 g/mol. The van der Waals surface area contributed by atoms with Crippen LogP contribution >= 0.6 is 11.3 Å². The third kappa shape index (κ3) is 2.68. The molecule has 0 aliphatic carbocycles. The molecule has 5 heteroatoms. The SMILES string of the molecule is CCC(CC)(OC)C(Cc1cn2ccsc2n1)NC. The van der Waals surface area contributed by atoms with E-state index >= 15 is 0 Å². The Morgan fingerprint density at radius 2 is 2.21 bits per heavy atom. The van der Waals surface area contributed by atoms with Gasteiger partial charge in [0.1, 0.15) is 0 Å². The first-order chi connectivity index (χ1) is 9.19. The highest BCUT2D eigenvalue weighted by Crippen LogP contribution is 2.26. The number of hydrogen-bond acceptors (Lipinski definition) is 4. The number of aromatic nitrogens is 2. The van der Waals surface area contributed by atoms with Crippen molar-refractivity contribution >= 4 is 16.3 Å². The van der Waals surface area contributed by atoms with Crippen LogP contribution in [0.4, 0.5) is 0 Å². The zero-order valence-corrected chi connectivity index (χ0v) is 13.0. The molecule has 0 amide bonds. The minimum absolute atomic E-state index is 0.119. The van der Waals surface area contributed by atoms with E-state index in [2.05, 4.69) is 40.1 Å². The van der Waals surface area contributed by atoms with Gasteiger partial charge in [-0.25, -0.2) is 4.98 Å². The fourth-order valence-electron chi connectivity index (χ4n) is 2.81. The number of thiazole rings is 1. The largest absolute Gasteiger partial charge is 0.377 e. The molecule has 0 bridgehead atoms. The molecule has 0 spiro atoms. The van der Waals surface area contributed by atoms with E-state index in [0.717, 1.165) is 29.9 Å². The number of hydrogen-bond donors (Lipinski definition) is 1. The summed E-state index contributed by atoms with van der Waals surface area (Å²) in [5.74, 6) is 0. The molecule has 0 radical (unpaired) electrons. The van der Waals surface area contributed by atoms with Crippen LogP contribution in [0.3, 0.4) is 0 Å². The number of rotatable bonds is 7. The molecule has 2 rings (SSSR count). The molecule has 19 heavy (non-hydrogen) atoms. The summed E-state index contributed by atoms with van der Waals surface area (Å²) in [5.41, 5.74) is 1.00. The quantitative estimate of drug-likeness (QED) is 0.848. The normalized spacial score (nSPS) is 14.1. The maximum absolute atomic E-state index is 5.82. The van der Waals surface area contributed by atoms with Crippen LogP contribution in [0.25, 0.3) is 4.96 Å². The molecular formula is C14H23N3OS. The van der Waals surface area contributed by atoms with Gasteiger partial charge in [-0.3, -0.25) is 4.40 Å². The smallest absolute Gasteiger partial charge is 0.193 e. The maximum atomic E-state index is 5.82. The van der Waals surface area contributed by atoms with Gasteiger partial charge in [-0.1, -0.05) is 13.8 Å². The van der Waals surface area contributed by atoms with Gasteiger partial charge >= 0.3 is 0 Å². The van der Waals surface area contributed by atoms with Crippen molar-refractivity contribution in [3.63, 3.8) is 0 Å². The molecule has 2 aromatic rings. The van der Waals surface area contributed by atoms with E-state index in [1.54, 1.807) is 11.3 Å². The van der Waals surface area contributed by atoms with E-state index in [-0.39, 0.29) is 11.6 Å². The Balaban J connectivity index is 2.20. The number of nitrogens with one attached hydrogen (secondary N) is 1. The lowest BCUT2D eigenvalue weighted by molar-refractivity contribution is -0.0456. The number of fused-ring (bicyclic) bond motifs is 1. The Morgan fingerprint density at radius 1 is 1.47 bits per heavy atom. The van der Waals surface area contributed by atoms with Gasteiger partial charge in [-0.05, 0) is 19.9 Å². The fraction of sp³-hybridized carbons (Fsp3) is 0.643. The Kier molecular flexibility index (Phi) is 4.60. The molecule has 4 nitrogen and oxygen atoms in total. The molecule has 0 saturated carbocycles. The predicted molar refractivity (Wildman–Crippen MR) is 79.9 cm³/mol. The summed E-state index contributed by atoms with van der Waals surface area (Å²) >= 11 is 1.67. The first-order valence-corrected chi connectivity index (χ1v) is 7.70. The van der Waals surface area contributed by atoms with E-state index in [1.165, 1.54) is 0 Å². The van der Waals surface area contributed by atoms with Crippen molar-refractivity contribution in [2.45, 2.75) is 44.8 Å². The van der Waals surface area contributed by atoms with Crippen molar-refractivity contribution in [2.75, 3.05) is 14.2 Å². The van der Waals surface area contributed by atoms with Crippen molar-refractivity contribution in [3.8, 4) is 0 Å². The summed E-state index contributed by atoms with van der Waals surface area (Å²) in [7, 11) is 3.81. The van der Waals surface area contributed by atoms with Gasteiger partial charge in [0.15, 0.2) is 4.96 Å². The summed E-state index contributed by atoms with van der Waals surface area (Å²) < 4.78 is 7.91. The molecule has 1 atom stereocenters. The highest BCUT2D eigenvalue weighted by molar-refractivity contribution is 7.15. The number of likely N-dealkylation sites (N-methyl/N-ethyl adjacent to an activating group) is 1. The highest BCUT2D eigenvalue weighted by Gasteiger charge is 2.35. The minimum atomic E-state index is -0.119. The minimum Gasteiger partial charge on any atom is -0.377 e. The van der Waals surface area contributed by atoms with E-state index < -0.39 is 0 Å². The summed E-state index contributed by atoms with van der Waals surface area (Å²) in [6.45, 7) is 4.37. The number of methoxy groups -OCH3 is 1. The molecule has 2 heterocycles. The topological polar surface area (TPSA) is 38.6 Å². The predicted octanol–water partition coefficient (Wildman–Crippen LogP) is 2.73. The second-order valence-corrected chi connectivity index (χ2v) is 5.72. The van der Waals surface area contributed by atoms with Crippen LogP contribution in [0.15, 0.2) is 17.8 Å². The molecule has 0 fully saturated rings. The zero-order valence-electron chi connectivity index (χ0n) is 12.1. The molecule has 0 aliphatic heterocycles. The van der Waals surface area contributed by atoms with Gasteiger partial charge in [-0.2, -0.15) is 0 Å². The van der Waals surface area contributed by atoms with Crippen LogP contribution in [0.5, 0.6) is 0 Å². The van der Waals surface area contributed by atoms with Crippen molar-refractivity contribution in [3.05, 3.63) is 23.5 Å². The number of nitrogens with zero attached hydrogens (tertiary/aromatic N) is 2. The summed E-state index contributed by atoms with van der Waals surface area (Å²) in [6.07, 6.45) is 7.04. The van der Waals surface area contributed by atoms with Crippen molar-refractivity contribution in [1.29, 1.82) is 0 Å². The van der Waals surface area contributed by atoms with E-state index in [0.29, 0.717) is 0 Å². The first kappa shape index (κ1) is 14.5. The van der Waals surface area contributed by atoms with E-state index in [1.807, 2.05) is 20.4 Å².